The van der Waals surface area contributed by atoms with Crippen molar-refractivity contribution in [1.29, 1.82) is 0 Å². The minimum Gasteiger partial charge on any atom is -0.342 e. The Morgan fingerprint density at radius 3 is 2.94 bits per heavy atom. The molecule has 0 bridgehead atoms. The van der Waals surface area contributed by atoms with E-state index in [1.165, 1.54) is 6.33 Å². The third-order valence-corrected chi connectivity index (χ3v) is 3.95. The molecule has 1 aromatic carbocycles. The molecule has 0 saturated heterocycles. The SMILES string of the molecule is CC(NC(=O)c1ccc(I)c(Cl)c1)c1ncn[nH]1. The van der Waals surface area contributed by atoms with E-state index in [0.29, 0.717) is 16.4 Å². The van der Waals surface area contributed by atoms with Gasteiger partial charge in [0.05, 0.1) is 11.1 Å². The molecule has 1 heterocycles. The zero-order chi connectivity index (χ0) is 13.1. The summed E-state index contributed by atoms with van der Waals surface area (Å²) >= 11 is 8.09. The smallest absolute Gasteiger partial charge is 0.251 e. The summed E-state index contributed by atoms with van der Waals surface area (Å²) < 4.78 is 0.911. The molecule has 18 heavy (non-hydrogen) atoms. The first-order valence-electron chi connectivity index (χ1n) is 5.19. The summed E-state index contributed by atoms with van der Waals surface area (Å²) in [7, 11) is 0. The molecule has 2 rings (SSSR count). The number of carbonyl (C=O) groups is 1. The van der Waals surface area contributed by atoms with E-state index in [2.05, 4.69) is 43.1 Å². The predicted molar refractivity (Wildman–Crippen MR) is 76.4 cm³/mol. The van der Waals surface area contributed by atoms with Gasteiger partial charge in [-0.25, -0.2) is 4.98 Å². The minimum atomic E-state index is -0.238. The van der Waals surface area contributed by atoms with Crippen molar-refractivity contribution >= 4 is 40.1 Å². The molecule has 0 saturated carbocycles. The van der Waals surface area contributed by atoms with Crippen LogP contribution >= 0.6 is 34.2 Å². The standard InChI is InChI=1S/C11H10ClIN4O/c1-6(10-14-5-15-17-10)16-11(18)7-2-3-9(13)8(12)4-7/h2-6H,1H3,(H,16,18)(H,14,15,17). The number of benzene rings is 1. The molecular weight excluding hydrogens is 367 g/mol. The maximum atomic E-state index is 12.0. The van der Waals surface area contributed by atoms with Crippen LogP contribution in [0.1, 0.15) is 29.1 Å². The zero-order valence-corrected chi connectivity index (χ0v) is 12.4. The predicted octanol–water partition coefficient (Wildman–Crippen LogP) is 2.55. The largest absolute Gasteiger partial charge is 0.342 e. The average Bonchev–Trinajstić information content (AvgIpc) is 2.86. The van der Waals surface area contributed by atoms with Gasteiger partial charge in [0.2, 0.25) is 0 Å². The van der Waals surface area contributed by atoms with Crippen molar-refractivity contribution in [2.45, 2.75) is 13.0 Å². The zero-order valence-electron chi connectivity index (χ0n) is 9.45. The van der Waals surface area contributed by atoms with Gasteiger partial charge in [-0.1, -0.05) is 11.6 Å². The number of carbonyl (C=O) groups excluding carboxylic acids is 1. The molecule has 0 aliphatic carbocycles. The number of hydrogen-bond acceptors (Lipinski definition) is 3. The first-order valence-corrected chi connectivity index (χ1v) is 6.65. The number of hydrogen-bond donors (Lipinski definition) is 2. The van der Waals surface area contributed by atoms with Gasteiger partial charge in [0.1, 0.15) is 12.2 Å². The quantitative estimate of drug-likeness (QED) is 0.809. The number of amides is 1. The minimum absolute atomic E-state index is 0.197. The summed E-state index contributed by atoms with van der Waals surface area (Å²) in [5.74, 6) is 0.414. The topological polar surface area (TPSA) is 70.7 Å². The van der Waals surface area contributed by atoms with Crippen LogP contribution in [-0.4, -0.2) is 21.1 Å². The van der Waals surface area contributed by atoms with Crippen LogP contribution in [0, 0.1) is 3.57 Å². The summed E-state index contributed by atoms with van der Waals surface area (Å²) in [5.41, 5.74) is 0.520. The van der Waals surface area contributed by atoms with Crippen LogP contribution < -0.4 is 5.32 Å². The number of aromatic amines is 1. The highest BCUT2D eigenvalue weighted by Gasteiger charge is 2.14. The number of H-pyrrole nitrogens is 1. The van der Waals surface area contributed by atoms with Crippen LogP contribution in [0.15, 0.2) is 24.5 Å². The van der Waals surface area contributed by atoms with E-state index < -0.39 is 0 Å². The molecule has 0 spiro atoms. The molecule has 0 aliphatic heterocycles. The molecular formula is C11H10ClIN4O. The fraction of sp³-hybridized carbons (Fsp3) is 0.182. The molecule has 2 N–H and O–H groups in total. The first kappa shape index (κ1) is 13.3. The van der Waals surface area contributed by atoms with Crippen LogP contribution in [0.5, 0.6) is 0 Å². The molecule has 7 heteroatoms. The Morgan fingerprint density at radius 2 is 2.33 bits per heavy atom. The third kappa shape index (κ3) is 2.99. The van der Waals surface area contributed by atoms with Crippen LogP contribution in [0.2, 0.25) is 5.02 Å². The Kier molecular flexibility index (Phi) is 4.18. The van der Waals surface area contributed by atoms with Crippen LogP contribution in [0.25, 0.3) is 0 Å². The van der Waals surface area contributed by atoms with Gasteiger partial charge < -0.3 is 5.32 Å². The van der Waals surface area contributed by atoms with E-state index in [1.54, 1.807) is 18.2 Å². The maximum Gasteiger partial charge on any atom is 0.251 e. The molecule has 2 aromatic rings. The van der Waals surface area contributed by atoms with Crippen molar-refractivity contribution in [3.63, 3.8) is 0 Å². The van der Waals surface area contributed by atoms with Gasteiger partial charge in [0.25, 0.3) is 5.91 Å². The molecule has 0 aliphatic rings. The Balaban J connectivity index is 2.10. The lowest BCUT2D eigenvalue weighted by atomic mass is 10.2. The fourth-order valence-corrected chi connectivity index (χ4v) is 1.93. The lowest BCUT2D eigenvalue weighted by Crippen LogP contribution is -2.27. The normalized spacial score (nSPS) is 12.2. The van der Waals surface area contributed by atoms with E-state index in [1.807, 2.05) is 6.92 Å². The van der Waals surface area contributed by atoms with E-state index in [9.17, 15) is 4.79 Å². The van der Waals surface area contributed by atoms with Gasteiger partial charge in [-0.3, -0.25) is 9.89 Å². The molecule has 0 radical (unpaired) electrons. The number of halogens is 2. The van der Waals surface area contributed by atoms with Crippen LogP contribution in [0.3, 0.4) is 0 Å². The molecule has 1 unspecified atom stereocenters. The maximum absolute atomic E-state index is 12.0. The van der Waals surface area contributed by atoms with E-state index >= 15 is 0 Å². The van der Waals surface area contributed by atoms with Crippen LogP contribution in [-0.2, 0) is 0 Å². The fourth-order valence-electron chi connectivity index (χ4n) is 1.41. The van der Waals surface area contributed by atoms with Crippen molar-refractivity contribution in [2.24, 2.45) is 0 Å². The monoisotopic (exact) mass is 376 g/mol. The molecule has 1 atom stereocenters. The molecule has 5 nitrogen and oxygen atoms in total. The van der Waals surface area contributed by atoms with Gasteiger partial charge in [-0.2, -0.15) is 5.10 Å². The lowest BCUT2D eigenvalue weighted by molar-refractivity contribution is 0.0938. The summed E-state index contributed by atoms with van der Waals surface area (Å²) in [6.07, 6.45) is 1.40. The lowest BCUT2D eigenvalue weighted by Gasteiger charge is -2.11. The van der Waals surface area contributed by atoms with E-state index in [-0.39, 0.29) is 11.9 Å². The highest BCUT2D eigenvalue weighted by molar-refractivity contribution is 14.1. The van der Waals surface area contributed by atoms with Crippen molar-refractivity contribution in [1.82, 2.24) is 20.5 Å². The number of nitrogens with zero attached hydrogens (tertiary/aromatic N) is 2. The second-order valence-corrected chi connectivity index (χ2v) is 5.26. The molecule has 1 aromatic heterocycles. The number of nitrogens with one attached hydrogen (secondary N) is 2. The second-order valence-electron chi connectivity index (χ2n) is 3.69. The van der Waals surface area contributed by atoms with E-state index in [4.69, 9.17) is 11.6 Å². The Hall–Kier alpha value is -1.15. The Bertz CT molecular complexity index is 558. The van der Waals surface area contributed by atoms with E-state index in [0.717, 1.165) is 3.57 Å². The Labute approximate surface area is 122 Å². The summed E-state index contributed by atoms with van der Waals surface area (Å²) in [5, 5.41) is 9.83. The molecule has 94 valence electrons. The van der Waals surface area contributed by atoms with Gasteiger partial charge in [-0.15, -0.1) is 0 Å². The van der Waals surface area contributed by atoms with Gasteiger partial charge in [-0.05, 0) is 47.7 Å². The first-order chi connectivity index (χ1) is 8.58. The van der Waals surface area contributed by atoms with Crippen molar-refractivity contribution in [2.75, 3.05) is 0 Å². The van der Waals surface area contributed by atoms with Crippen LogP contribution in [0.4, 0.5) is 0 Å². The van der Waals surface area contributed by atoms with Gasteiger partial charge in [0.15, 0.2) is 0 Å². The number of aromatic nitrogens is 3. The highest BCUT2D eigenvalue weighted by Crippen LogP contribution is 2.20. The van der Waals surface area contributed by atoms with Crippen molar-refractivity contribution in [3.8, 4) is 0 Å². The molecule has 1 amide bonds. The third-order valence-electron chi connectivity index (χ3n) is 2.37. The van der Waals surface area contributed by atoms with Crippen molar-refractivity contribution in [3.05, 3.63) is 44.5 Å². The average molecular weight is 377 g/mol. The Morgan fingerprint density at radius 1 is 1.56 bits per heavy atom. The van der Waals surface area contributed by atoms with Gasteiger partial charge in [0, 0.05) is 9.13 Å². The summed E-state index contributed by atoms with van der Waals surface area (Å²) in [6.45, 7) is 1.83. The summed E-state index contributed by atoms with van der Waals surface area (Å²) in [4.78, 5) is 16.0. The second kappa shape index (κ2) is 5.66. The highest BCUT2D eigenvalue weighted by atomic mass is 127. The number of rotatable bonds is 3. The van der Waals surface area contributed by atoms with Crippen molar-refractivity contribution < 1.29 is 4.79 Å². The summed E-state index contributed by atoms with van der Waals surface area (Å²) in [6, 6.07) is 4.94. The molecule has 0 fully saturated rings. The van der Waals surface area contributed by atoms with Gasteiger partial charge >= 0.3 is 0 Å².